The van der Waals surface area contributed by atoms with Gasteiger partial charge in [-0.05, 0) is 31.4 Å². The molecule has 1 aliphatic carbocycles. The first-order valence-corrected chi connectivity index (χ1v) is 5.39. The van der Waals surface area contributed by atoms with Crippen LogP contribution in [0.25, 0.3) is 0 Å². The third-order valence-electron chi connectivity index (χ3n) is 3.25. The first kappa shape index (κ1) is 12.6. The third-order valence-corrected chi connectivity index (χ3v) is 3.25. The molecule has 1 aliphatic rings. The number of phenols is 1. The van der Waals surface area contributed by atoms with Crippen molar-refractivity contribution in [3.63, 3.8) is 0 Å². The Morgan fingerprint density at radius 3 is 2.44 bits per heavy atom. The third kappa shape index (κ3) is 1.88. The van der Waals surface area contributed by atoms with Gasteiger partial charge in [0.2, 0.25) is 6.08 Å². The molecule has 0 saturated heterocycles. The van der Waals surface area contributed by atoms with Gasteiger partial charge in [0.25, 0.3) is 0 Å². The SMILES string of the molecule is O=C=NC1(c2c(O)cccc2C(F)(F)F)CCC1. The van der Waals surface area contributed by atoms with Crippen LogP contribution in [0, 0.1) is 0 Å². The van der Waals surface area contributed by atoms with Crippen molar-refractivity contribution in [1.29, 1.82) is 0 Å². The molecule has 0 aromatic heterocycles. The Labute approximate surface area is 101 Å². The largest absolute Gasteiger partial charge is 0.508 e. The predicted octanol–water partition coefficient (Wildman–Crippen LogP) is 3.13. The van der Waals surface area contributed by atoms with Crippen LogP contribution in [0.5, 0.6) is 5.75 Å². The van der Waals surface area contributed by atoms with E-state index in [4.69, 9.17) is 0 Å². The zero-order valence-electron chi connectivity index (χ0n) is 9.29. The maximum atomic E-state index is 12.9. The Morgan fingerprint density at radius 1 is 1.33 bits per heavy atom. The van der Waals surface area contributed by atoms with Crippen LogP contribution < -0.4 is 0 Å². The smallest absolute Gasteiger partial charge is 0.416 e. The first-order chi connectivity index (χ1) is 8.41. The summed E-state index contributed by atoms with van der Waals surface area (Å²) < 4.78 is 38.7. The highest BCUT2D eigenvalue weighted by Gasteiger charge is 2.47. The van der Waals surface area contributed by atoms with Crippen molar-refractivity contribution < 1.29 is 23.1 Å². The fourth-order valence-electron chi connectivity index (χ4n) is 2.28. The molecule has 0 bridgehead atoms. The Kier molecular flexibility index (Phi) is 2.91. The molecule has 0 amide bonds. The highest BCUT2D eigenvalue weighted by Crippen LogP contribution is 2.51. The van der Waals surface area contributed by atoms with Gasteiger partial charge in [0, 0.05) is 5.56 Å². The minimum atomic E-state index is -4.59. The second kappa shape index (κ2) is 4.14. The quantitative estimate of drug-likeness (QED) is 0.653. The summed E-state index contributed by atoms with van der Waals surface area (Å²) in [5.41, 5.74) is -2.52. The van der Waals surface area contributed by atoms with Crippen LogP contribution >= 0.6 is 0 Å². The number of aromatic hydroxyl groups is 1. The number of halogens is 3. The number of nitrogens with zero attached hydrogens (tertiary/aromatic N) is 1. The molecule has 0 radical (unpaired) electrons. The standard InChI is InChI=1S/C12H10F3NO2/c13-12(14,15)8-3-1-4-9(18)10(8)11(16-7-17)5-2-6-11/h1,3-4,18H,2,5-6H2. The number of isocyanates is 1. The van der Waals surface area contributed by atoms with E-state index in [1.807, 2.05) is 0 Å². The van der Waals surface area contributed by atoms with Gasteiger partial charge in [0.15, 0.2) is 0 Å². The molecule has 18 heavy (non-hydrogen) atoms. The molecule has 1 N–H and O–H groups in total. The highest BCUT2D eigenvalue weighted by molar-refractivity contribution is 5.50. The minimum Gasteiger partial charge on any atom is -0.508 e. The lowest BCUT2D eigenvalue weighted by atomic mass is 9.70. The van der Waals surface area contributed by atoms with Crippen LogP contribution in [-0.2, 0) is 16.5 Å². The summed E-state index contributed by atoms with van der Waals surface area (Å²) >= 11 is 0. The van der Waals surface area contributed by atoms with Crippen LogP contribution in [-0.4, -0.2) is 11.2 Å². The van der Waals surface area contributed by atoms with Gasteiger partial charge in [0.05, 0.1) is 5.56 Å². The predicted molar refractivity (Wildman–Crippen MR) is 56.8 cm³/mol. The molecule has 0 unspecified atom stereocenters. The number of aliphatic imine (C=N–C) groups is 1. The second-order valence-electron chi connectivity index (χ2n) is 4.29. The van der Waals surface area contributed by atoms with E-state index < -0.39 is 23.0 Å². The summed E-state index contributed by atoms with van der Waals surface area (Å²) in [7, 11) is 0. The maximum Gasteiger partial charge on any atom is 0.416 e. The molecule has 0 heterocycles. The van der Waals surface area contributed by atoms with E-state index in [2.05, 4.69) is 4.99 Å². The molecule has 6 heteroatoms. The Hall–Kier alpha value is -1.81. The van der Waals surface area contributed by atoms with Gasteiger partial charge in [-0.15, -0.1) is 0 Å². The number of hydrogen-bond acceptors (Lipinski definition) is 3. The molecule has 1 aromatic rings. The normalized spacial score (nSPS) is 17.7. The fourth-order valence-corrected chi connectivity index (χ4v) is 2.28. The van der Waals surface area contributed by atoms with E-state index in [0.717, 1.165) is 12.1 Å². The van der Waals surface area contributed by atoms with Gasteiger partial charge in [0.1, 0.15) is 11.3 Å². The van der Waals surface area contributed by atoms with Crippen LogP contribution in [0.3, 0.4) is 0 Å². The van der Waals surface area contributed by atoms with Gasteiger partial charge in [-0.2, -0.15) is 18.2 Å². The number of alkyl halides is 3. The van der Waals surface area contributed by atoms with Gasteiger partial charge in [-0.3, -0.25) is 0 Å². The first-order valence-electron chi connectivity index (χ1n) is 5.39. The summed E-state index contributed by atoms with van der Waals surface area (Å²) in [5, 5.41) is 9.69. The number of benzene rings is 1. The van der Waals surface area contributed by atoms with Crippen LogP contribution in [0.2, 0.25) is 0 Å². The van der Waals surface area contributed by atoms with E-state index in [1.54, 1.807) is 0 Å². The summed E-state index contributed by atoms with van der Waals surface area (Å²) in [5.74, 6) is -0.483. The Balaban J connectivity index is 2.66. The van der Waals surface area contributed by atoms with Crippen LogP contribution in [0.1, 0.15) is 30.4 Å². The molecule has 1 saturated carbocycles. The lowest BCUT2D eigenvalue weighted by molar-refractivity contribution is -0.139. The second-order valence-corrected chi connectivity index (χ2v) is 4.29. The maximum absolute atomic E-state index is 12.9. The molecule has 96 valence electrons. The summed E-state index contributed by atoms with van der Waals surface area (Å²) in [6.07, 6.45) is -2.00. The van der Waals surface area contributed by atoms with E-state index in [1.165, 1.54) is 12.1 Å². The average molecular weight is 257 g/mol. The average Bonchev–Trinajstić information content (AvgIpc) is 2.22. The monoisotopic (exact) mass is 257 g/mol. The van der Waals surface area contributed by atoms with Gasteiger partial charge < -0.3 is 5.11 Å². The molecule has 0 atom stereocenters. The molecular weight excluding hydrogens is 247 g/mol. The molecule has 3 nitrogen and oxygen atoms in total. The van der Waals surface area contributed by atoms with Crippen molar-refractivity contribution in [2.45, 2.75) is 31.0 Å². The van der Waals surface area contributed by atoms with Crippen molar-refractivity contribution in [2.75, 3.05) is 0 Å². The number of carbonyl (C=O) groups excluding carboxylic acids is 1. The number of phenolic OH excluding ortho intramolecular Hbond substituents is 1. The van der Waals surface area contributed by atoms with Crippen molar-refractivity contribution in [1.82, 2.24) is 0 Å². The number of rotatable bonds is 2. The van der Waals surface area contributed by atoms with Crippen molar-refractivity contribution in [3.05, 3.63) is 29.3 Å². The molecule has 1 aromatic carbocycles. The Morgan fingerprint density at radius 2 is 2.00 bits per heavy atom. The van der Waals surface area contributed by atoms with E-state index in [9.17, 15) is 23.1 Å². The topological polar surface area (TPSA) is 49.7 Å². The molecular formula is C12H10F3NO2. The van der Waals surface area contributed by atoms with Crippen molar-refractivity contribution in [2.24, 2.45) is 4.99 Å². The molecule has 1 fully saturated rings. The van der Waals surface area contributed by atoms with Gasteiger partial charge in [-0.1, -0.05) is 6.07 Å². The van der Waals surface area contributed by atoms with Crippen molar-refractivity contribution in [3.8, 4) is 5.75 Å². The summed E-state index contributed by atoms with van der Waals surface area (Å²) in [6.45, 7) is 0. The fraction of sp³-hybridized carbons (Fsp3) is 0.417. The van der Waals surface area contributed by atoms with Crippen molar-refractivity contribution >= 4 is 6.08 Å². The number of hydrogen-bond donors (Lipinski definition) is 1. The van der Waals surface area contributed by atoms with Crippen LogP contribution in [0.4, 0.5) is 13.2 Å². The zero-order chi connectivity index (χ0) is 13.4. The highest BCUT2D eigenvalue weighted by atomic mass is 19.4. The molecule has 0 spiro atoms. The van der Waals surface area contributed by atoms with Gasteiger partial charge >= 0.3 is 6.18 Å². The van der Waals surface area contributed by atoms with Crippen LogP contribution in [0.15, 0.2) is 23.2 Å². The molecule has 2 rings (SSSR count). The Bertz CT molecular complexity index is 515. The zero-order valence-corrected chi connectivity index (χ0v) is 9.29. The lowest BCUT2D eigenvalue weighted by Crippen LogP contribution is -2.34. The van der Waals surface area contributed by atoms with E-state index in [0.29, 0.717) is 19.3 Å². The van der Waals surface area contributed by atoms with Gasteiger partial charge in [-0.25, -0.2) is 4.79 Å². The molecule has 0 aliphatic heterocycles. The summed E-state index contributed by atoms with van der Waals surface area (Å²) in [4.78, 5) is 13.9. The van der Waals surface area contributed by atoms with E-state index >= 15 is 0 Å². The minimum absolute atomic E-state index is 0.308. The van der Waals surface area contributed by atoms with E-state index in [-0.39, 0.29) is 5.56 Å². The summed E-state index contributed by atoms with van der Waals surface area (Å²) in [6, 6.07) is 3.18. The lowest BCUT2D eigenvalue weighted by Gasteiger charge is -2.38.